The number of rotatable bonds is 5. The van der Waals surface area contributed by atoms with E-state index in [9.17, 15) is 9.59 Å². The minimum atomic E-state index is -0.359. The third kappa shape index (κ3) is 2.33. The molecule has 0 saturated heterocycles. The summed E-state index contributed by atoms with van der Waals surface area (Å²) in [6.07, 6.45) is 1.61. The number of hydrogen-bond acceptors (Lipinski definition) is 4. The van der Waals surface area contributed by atoms with Gasteiger partial charge >= 0.3 is 5.69 Å². The second-order valence-electron chi connectivity index (χ2n) is 4.46. The first kappa shape index (κ1) is 14.9. The van der Waals surface area contributed by atoms with Crippen molar-refractivity contribution in [1.82, 2.24) is 9.13 Å². The molecule has 0 radical (unpaired) electrons. The zero-order chi connectivity index (χ0) is 15.6. The van der Waals surface area contributed by atoms with Crippen LogP contribution in [0.2, 0.25) is 0 Å². The first-order valence-corrected chi connectivity index (χ1v) is 6.59. The van der Waals surface area contributed by atoms with Gasteiger partial charge in [-0.15, -0.1) is 6.58 Å². The third-order valence-electron chi connectivity index (χ3n) is 3.36. The Balaban J connectivity index is 3.01. The van der Waals surface area contributed by atoms with E-state index in [0.717, 1.165) is 0 Å². The number of ether oxygens (including phenoxy) is 2. The summed E-state index contributed by atoms with van der Waals surface area (Å²) in [5.41, 5.74) is -0.187. The highest BCUT2D eigenvalue weighted by Gasteiger charge is 2.15. The van der Waals surface area contributed by atoms with Crippen LogP contribution < -0.4 is 20.7 Å². The SMILES string of the molecule is C=CCn1c(=O)n(CC)c(=O)c2cc(OC)c(OC)cc21. The molecule has 0 N–H and O–H groups in total. The fraction of sp³-hybridized carbons (Fsp3) is 0.333. The van der Waals surface area contributed by atoms with E-state index in [4.69, 9.17) is 9.47 Å². The minimum Gasteiger partial charge on any atom is -0.493 e. The Morgan fingerprint density at radius 1 is 1.14 bits per heavy atom. The molecule has 0 aliphatic heterocycles. The largest absolute Gasteiger partial charge is 0.493 e. The highest BCUT2D eigenvalue weighted by Crippen LogP contribution is 2.30. The Morgan fingerprint density at radius 2 is 1.76 bits per heavy atom. The summed E-state index contributed by atoms with van der Waals surface area (Å²) >= 11 is 0. The first-order chi connectivity index (χ1) is 10.1. The molecule has 2 rings (SSSR count). The van der Waals surface area contributed by atoms with Gasteiger partial charge in [0.2, 0.25) is 0 Å². The van der Waals surface area contributed by atoms with E-state index >= 15 is 0 Å². The molecule has 1 heterocycles. The second-order valence-corrected chi connectivity index (χ2v) is 4.46. The van der Waals surface area contributed by atoms with Crippen molar-refractivity contribution in [2.45, 2.75) is 20.0 Å². The molecule has 0 fully saturated rings. The fourth-order valence-corrected chi connectivity index (χ4v) is 2.33. The molecule has 112 valence electrons. The number of hydrogen-bond donors (Lipinski definition) is 0. The van der Waals surface area contributed by atoms with Crippen molar-refractivity contribution in [3.8, 4) is 11.5 Å². The molecule has 21 heavy (non-hydrogen) atoms. The van der Waals surface area contributed by atoms with Crippen LogP contribution in [0.4, 0.5) is 0 Å². The number of aromatic nitrogens is 2. The van der Waals surface area contributed by atoms with Gasteiger partial charge in [0.15, 0.2) is 11.5 Å². The van der Waals surface area contributed by atoms with Gasteiger partial charge in [-0.25, -0.2) is 4.79 Å². The smallest absolute Gasteiger partial charge is 0.331 e. The standard InChI is InChI=1S/C15H18N2O4/c1-5-7-17-11-9-13(21-4)12(20-3)8-10(11)14(18)16(6-2)15(17)19/h5,8-9H,1,6-7H2,2-4H3. The molecule has 0 saturated carbocycles. The molecular formula is C15H18N2O4. The van der Waals surface area contributed by atoms with Crippen molar-refractivity contribution in [1.29, 1.82) is 0 Å². The van der Waals surface area contributed by atoms with Crippen LogP contribution in [0.1, 0.15) is 6.92 Å². The first-order valence-electron chi connectivity index (χ1n) is 6.59. The van der Waals surface area contributed by atoms with Crippen molar-refractivity contribution in [2.75, 3.05) is 14.2 Å². The van der Waals surface area contributed by atoms with Crippen LogP contribution in [0, 0.1) is 0 Å². The maximum atomic E-state index is 12.4. The lowest BCUT2D eigenvalue weighted by atomic mass is 10.2. The summed E-state index contributed by atoms with van der Waals surface area (Å²) in [5.74, 6) is 0.921. The highest BCUT2D eigenvalue weighted by molar-refractivity contribution is 5.82. The number of nitrogens with zero attached hydrogens (tertiary/aromatic N) is 2. The topological polar surface area (TPSA) is 62.5 Å². The van der Waals surface area contributed by atoms with Gasteiger partial charge in [0.05, 0.1) is 25.1 Å². The molecule has 0 bridgehead atoms. The van der Waals surface area contributed by atoms with Crippen LogP contribution in [-0.4, -0.2) is 23.4 Å². The van der Waals surface area contributed by atoms with Gasteiger partial charge in [0, 0.05) is 19.2 Å². The van der Waals surface area contributed by atoms with Crippen molar-refractivity contribution >= 4 is 10.9 Å². The number of benzene rings is 1. The predicted octanol–water partition coefficient (Wildman–Crippen LogP) is 1.39. The van der Waals surface area contributed by atoms with Gasteiger partial charge in [0.1, 0.15) is 0 Å². The van der Waals surface area contributed by atoms with Crippen molar-refractivity contribution in [3.63, 3.8) is 0 Å². The Bertz CT molecular complexity index is 802. The maximum absolute atomic E-state index is 12.4. The van der Waals surface area contributed by atoms with Crippen molar-refractivity contribution < 1.29 is 9.47 Å². The lowest BCUT2D eigenvalue weighted by molar-refractivity contribution is 0.355. The van der Waals surface area contributed by atoms with Gasteiger partial charge < -0.3 is 9.47 Å². The second kappa shape index (κ2) is 5.87. The number of allylic oxidation sites excluding steroid dienone is 1. The molecule has 2 aromatic rings. The van der Waals surface area contributed by atoms with E-state index < -0.39 is 0 Å². The molecule has 0 amide bonds. The summed E-state index contributed by atoms with van der Waals surface area (Å²) in [7, 11) is 3.01. The van der Waals surface area contributed by atoms with Gasteiger partial charge in [-0.1, -0.05) is 6.08 Å². The monoisotopic (exact) mass is 290 g/mol. The normalized spacial score (nSPS) is 10.6. The summed E-state index contributed by atoms with van der Waals surface area (Å²) in [4.78, 5) is 24.8. The van der Waals surface area contributed by atoms with E-state index in [-0.39, 0.29) is 11.2 Å². The maximum Gasteiger partial charge on any atom is 0.331 e. The Kier molecular flexibility index (Phi) is 4.16. The van der Waals surface area contributed by atoms with E-state index in [1.165, 1.54) is 23.4 Å². The minimum absolute atomic E-state index is 0.305. The third-order valence-corrected chi connectivity index (χ3v) is 3.36. The average molecular weight is 290 g/mol. The van der Waals surface area contributed by atoms with Gasteiger partial charge in [-0.3, -0.25) is 13.9 Å². The van der Waals surface area contributed by atoms with Crippen molar-refractivity contribution in [3.05, 3.63) is 45.6 Å². The van der Waals surface area contributed by atoms with Crippen LogP contribution in [0.3, 0.4) is 0 Å². The van der Waals surface area contributed by atoms with Gasteiger partial charge in [-0.05, 0) is 13.0 Å². The molecule has 0 aliphatic carbocycles. The molecule has 0 unspecified atom stereocenters. The molecule has 1 aromatic carbocycles. The molecule has 1 aromatic heterocycles. The van der Waals surface area contributed by atoms with Crippen molar-refractivity contribution in [2.24, 2.45) is 0 Å². The van der Waals surface area contributed by atoms with Gasteiger partial charge in [0.25, 0.3) is 5.56 Å². The molecule has 0 spiro atoms. The van der Waals surface area contributed by atoms with E-state index in [0.29, 0.717) is 35.5 Å². The predicted molar refractivity (Wildman–Crippen MR) is 81.4 cm³/mol. The van der Waals surface area contributed by atoms with Crippen LogP contribution in [0.25, 0.3) is 10.9 Å². The number of methoxy groups -OCH3 is 2. The van der Waals surface area contributed by atoms with Gasteiger partial charge in [-0.2, -0.15) is 0 Å². The summed E-state index contributed by atoms with van der Waals surface area (Å²) in [5, 5.41) is 0.413. The van der Waals surface area contributed by atoms with Crippen LogP contribution in [0.15, 0.2) is 34.4 Å². The number of fused-ring (bicyclic) bond motifs is 1. The zero-order valence-electron chi connectivity index (χ0n) is 12.4. The van der Waals surface area contributed by atoms with E-state index in [1.807, 2.05) is 0 Å². The molecule has 0 aliphatic rings. The average Bonchev–Trinajstić information content (AvgIpc) is 2.50. The lowest BCUT2D eigenvalue weighted by Crippen LogP contribution is -2.39. The van der Waals surface area contributed by atoms with Crippen LogP contribution >= 0.6 is 0 Å². The highest BCUT2D eigenvalue weighted by atomic mass is 16.5. The quantitative estimate of drug-likeness (QED) is 0.781. The Hall–Kier alpha value is -2.50. The molecular weight excluding hydrogens is 272 g/mol. The van der Waals surface area contributed by atoms with E-state index in [1.54, 1.807) is 25.1 Å². The van der Waals surface area contributed by atoms with E-state index in [2.05, 4.69) is 6.58 Å². The summed E-state index contributed by atoms with van der Waals surface area (Å²) in [6, 6.07) is 3.24. The molecule has 6 heteroatoms. The van der Waals surface area contributed by atoms with Crippen LogP contribution in [0.5, 0.6) is 11.5 Å². The zero-order valence-corrected chi connectivity index (χ0v) is 12.4. The Morgan fingerprint density at radius 3 is 2.29 bits per heavy atom. The van der Waals surface area contributed by atoms with Crippen LogP contribution in [-0.2, 0) is 13.1 Å². The Labute approximate surface area is 121 Å². The lowest BCUT2D eigenvalue weighted by Gasteiger charge is -2.14. The molecule has 0 atom stereocenters. The molecule has 6 nitrogen and oxygen atoms in total. The summed E-state index contributed by atoms with van der Waals surface area (Å²) < 4.78 is 13.1. The fourth-order valence-electron chi connectivity index (χ4n) is 2.33. The summed E-state index contributed by atoms with van der Waals surface area (Å²) in [6.45, 7) is 6.03.